The first kappa shape index (κ1) is 17.0. The van der Waals surface area contributed by atoms with Crippen LogP contribution < -0.4 is 16.6 Å². The van der Waals surface area contributed by atoms with E-state index in [1.54, 1.807) is 6.07 Å². The molecular formula is C17H16ClN3O4. The second kappa shape index (κ2) is 6.25. The molecule has 8 heteroatoms. The van der Waals surface area contributed by atoms with Gasteiger partial charge < -0.3 is 15.8 Å². The monoisotopic (exact) mass is 361 g/mol. The lowest BCUT2D eigenvalue weighted by Gasteiger charge is -2.17. The number of amides is 1. The Labute approximate surface area is 148 Å². The molecule has 7 nitrogen and oxygen atoms in total. The van der Waals surface area contributed by atoms with Gasteiger partial charge in [-0.1, -0.05) is 11.6 Å². The topological polar surface area (TPSA) is 103 Å². The highest BCUT2D eigenvalue weighted by atomic mass is 35.5. The normalized spacial score (nSPS) is 14.6. The smallest absolute Gasteiger partial charge is 0.332 e. The molecule has 0 saturated heterocycles. The Bertz CT molecular complexity index is 918. The highest BCUT2D eigenvalue weighted by Crippen LogP contribution is 2.43. The summed E-state index contributed by atoms with van der Waals surface area (Å²) in [4.78, 5) is 37.0. The van der Waals surface area contributed by atoms with E-state index < -0.39 is 23.0 Å². The molecule has 1 heterocycles. The number of nitrogens with zero attached hydrogens (tertiary/aromatic N) is 1. The van der Waals surface area contributed by atoms with Gasteiger partial charge in [0.15, 0.2) is 0 Å². The molecule has 2 aromatic rings. The Kier molecular flexibility index (Phi) is 4.26. The molecule has 0 radical (unpaired) electrons. The summed E-state index contributed by atoms with van der Waals surface area (Å²) < 4.78 is 6.10. The van der Waals surface area contributed by atoms with Crippen LogP contribution in [0.3, 0.4) is 0 Å². The third-order valence-corrected chi connectivity index (χ3v) is 4.54. The Hall–Kier alpha value is -2.80. The van der Waals surface area contributed by atoms with Crippen LogP contribution in [0.15, 0.2) is 41.3 Å². The van der Waals surface area contributed by atoms with Gasteiger partial charge in [-0.25, -0.2) is 4.79 Å². The Morgan fingerprint density at radius 1 is 1.32 bits per heavy atom. The summed E-state index contributed by atoms with van der Waals surface area (Å²) in [5.41, 5.74) is 4.86. The van der Waals surface area contributed by atoms with E-state index in [0.717, 1.165) is 0 Å². The van der Waals surface area contributed by atoms with Gasteiger partial charge in [0.25, 0.3) is 11.5 Å². The average Bonchev–Trinajstić information content (AvgIpc) is 3.40. The lowest BCUT2D eigenvalue weighted by molar-refractivity contribution is -0.146. The summed E-state index contributed by atoms with van der Waals surface area (Å²) in [6.07, 6.45) is 2.55. The van der Waals surface area contributed by atoms with Crippen LogP contribution in [0.1, 0.15) is 23.2 Å². The number of hydrogen-bond donors (Lipinski definition) is 2. The first-order valence-electron chi connectivity index (χ1n) is 7.56. The van der Waals surface area contributed by atoms with Crippen LogP contribution in [0.25, 0.3) is 0 Å². The third-order valence-electron chi connectivity index (χ3n) is 4.21. The third kappa shape index (κ3) is 2.98. The van der Waals surface area contributed by atoms with E-state index >= 15 is 0 Å². The minimum Gasteiger partial charge on any atom is -0.467 e. The van der Waals surface area contributed by atoms with E-state index in [1.165, 1.54) is 42.1 Å². The quantitative estimate of drug-likeness (QED) is 0.640. The molecule has 1 fully saturated rings. The van der Waals surface area contributed by atoms with Crippen LogP contribution in [0.2, 0.25) is 5.02 Å². The van der Waals surface area contributed by atoms with Crippen molar-refractivity contribution in [1.82, 2.24) is 4.57 Å². The number of carbonyl (C=O) groups excluding carboxylic acids is 2. The van der Waals surface area contributed by atoms with Gasteiger partial charge in [-0.2, -0.15) is 0 Å². The second-order valence-electron chi connectivity index (χ2n) is 5.81. The molecule has 1 aromatic carbocycles. The zero-order chi connectivity index (χ0) is 18.2. The van der Waals surface area contributed by atoms with Crippen molar-refractivity contribution >= 4 is 34.9 Å². The molecule has 0 unspecified atom stereocenters. The van der Waals surface area contributed by atoms with Crippen molar-refractivity contribution < 1.29 is 14.3 Å². The molecule has 1 aliphatic rings. The molecule has 1 aliphatic carbocycles. The van der Waals surface area contributed by atoms with E-state index in [-0.39, 0.29) is 16.3 Å². The Balaban J connectivity index is 1.90. The first-order valence-corrected chi connectivity index (χ1v) is 7.94. The van der Waals surface area contributed by atoms with Crippen molar-refractivity contribution in [2.75, 3.05) is 18.2 Å². The Morgan fingerprint density at radius 3 is 2.64 bits per heavy atom. The van der Waals surface area contributed by atoms with Crippen molar-refractivity contribution in [3.8, 4) is 0 Å². The van der Waals surface area contributed by atoms with Crippen molar-refractivity contribution in [2.45, 2.75) is 18.4 Å². The Morgan fingerprint density at radius 2 is 2.04 bits per heavy atom. The highest BCUT2D eigenvalue weighted by Gasteiger charge is 2.53. The van der Waals surface area contributed by atoms with Crippen molar-refractivity contribution in [1.29, 1.82) is 0 Å². The number of aromatic nitrogens is 1. The van der Waals surface area contributed by atoms with Gasteiger partial charge in [-0.05, 0) is 43.2 Å². The lowest BCUT2D eigenvalue weighted by Crippen LogP contribution is -2.38. The molecule has 25 heavy (non-hydrogen) atoms. The fourth-order valence-electron chi connectivity index (χ4n) is 2.64. The molecule has 0 bridgehead atoms. The van der Waals surface area contributed by atoms with Crippen LogP contribution >= 0.6 is 11.6 Å². The standard InChI is InChI=1S/C17H16ClN3O4/c1-25-16(24)17(6-7-17)21-8-2-3-13(15(21)23)20-14(22)10-4-5-12(19)11(18)9-10/h2-5,8-9H,6-7,19H2,1H3,(H,20,22). The molecule has 130 valence electrons. The van der Waals surface area contributed by atoms with Crippen LogP contribution in [-0.4, -0.2) is 23.6 Å². The molecule has 1 amide bonds. The van der Waals surface area contributed by atoms with E-state index in [0.29, 0.717) is 18.5 Å². The molecule has 1 aromatic heterocycles. The summed E-state index contributed by atoms with van der Waals surface area (Å²) in [5, 5.41) is 2.80. The average molecular weight is 362 g/mol. The van der Waals surface area contributed by atoms with Gasteiger partial charge in [0.1, 0.15) is 11.2 Å². The maximum absolute atomic E-state index is 12.7. The van der Waals surface area contributed by atoms with Crippen molar-refractivity contribution in [3.05, 3.63) is 57.5 Å². The van der Waals surface area contributed by atoms with Crippen LogP contribution in [-0.2, 0) is 15.1 Å². The van der Waals surface area contributed by atoms with Crippen LogP contribution in [0.4, 0.5) is 11.4 Å². The number of halogens is 1. The van der Waals surface area contributed by atoms with Gasteiger partial charge in [-0.15, -0.1) is 0 Å². The lowest BCUT2D eigenvalue weighted by atomic mass is 10.2. The number of esters is 1. The van der Waals surface area contributed by atoms with Gasteiger partial charge in [0.05, 0.1) is 17.8 Å². The molecule has 1 saturated carbocycles. The van der Waals surface area contributed by atoms with E-state index in [4.69, 9.17) is 22.1 Å². The number of carbonyl (C=O) groups is 2. The first-order chi connectivity index (χ1) is 11.9. The fourth-order valence-corrected chi connectivity index (χ4v) is 2.82. The number of benzene rings is 1. The summed E-state index contributed by atoms with van der Waals surface area (Å²) in [5.74, 6) is -0.969. The molecule has 3 N–H and O–H groups in total. The summed E-state index contributed by atoms with van der Waals surface area (Å²) in [6, 6.07) is 7.51. The predicted molar refractivity (Wildman–Crippen MR) is 93.7 cm³/mol. The van der Waals surface area contributed by atoms with Crippen LogP contribution in [0, 0.1) is 0 Å². The zero-order valence-corrected chi connectivity index (χ0v) is 14.2. The van der Waals surface area contributed by atoms with E-state index in [2.05, 4.69) is 5.32 Å². The fraction of sp³-hybridized carbons (Fsp3) is 0.235. The number of nitrogen functional groups attached to an aromatic ring is 1. The molecule has 0 spiro atoms. The van der Waals surface area contributed by atoms with Crippen LogP contribution in [0.5, 0.6) is 0 Å². The number of hydrogen-bond acceptors (Lipinski definition) is 5. The van der Waals surface area contributed by atoms with Gasteiger partial charge >= 0.3 is 5.97 Å². The highest BCUT2D eigenvalue weighted by molar-refractivity contribution is 6.33. The number of pyridine rings is 1. The van der Waals surface area contributed by atoms with Crippen molar-refractivity contribution in [3.63, 3.8) is 0 Å². The number of methoxy groups -OCH3 is 1. The SMILES string of the molecule is COC(=O)C1(n2cccc(NC(=O)c3ccc(N)c(Cl)c3)c2=O)CC1. The maximum Gasteiger partial charge on any atom is 0.332 e. The predicted octanol–water partition coefficient (Wildman–Crippen LogP) is 2.00. The minimum atomic E-state index is -0.975. The number of ether oxygens (including phenoxy) is 1. The summed E-state index contributed by atoms with van der Waals surface area (Å²) in [6.45, 7) is 0. The van der Waals surface area contributed by atoms with E-state index in [1.807, 2.05) is 0 Å². The number of anilines is 2. The number of nitrogens with two attached hydrogens (primary N) is 1. The second-order valence-corrected chi connectivity index (χ2v) is 6.22. The molecule has 3 rings (SSSR count). The largest absolute Gasteiger partial charge is 0.467 e. The summed E-state index contributed by atoms with van der Waals surface area (Å²) >= 11 is 5.91. The maximum atomic E-state index is 12.7. The van der Waals surface area contributed by atoms with E-state index in [9.17, 15) is 14.4 Å². The molecule has 0 aliphatic heterocycles. The number of rotatable bonds is 4. The summed E-state index contributed by atoms with van der Waals surface area (Å²) in [7, 11) is 1.28. The van der Waals surface area contributed by atoms with Gasteiger partial charge in [0, 0.05) is 11.8 Å². The van der Waals surface area contributed by atoms with Gasteiger partial charge in [-0.3, -0.25) is 14.2 Å². The van der Waals surface area contributed by atoms with Gasteiger partial charge in [0.2, 0.25) is 0 Å². The zero-order valence-electron chi connectivity index (χ0n) is 13.4. The van der Waals surface area contributed by atoms with Crippen molar-refractivity contribution in [2.24, 2.45) is 0 Å². The molecule has 0 atom stereocenters. The number of nitrogens with one attached hydrogen (secondary N) is 1. The molecular weight excluding hydrogens is 346 g/mol. The minimum absolute atomic E-state index is 0.0654.